The molecule has 0 amide bonds. The highest BCUT2D eigenvalue weighted by molar-refractivity contribution is 7.09. The second-order valence-corrected chi connectivity index (χ2v) is 5.19. The molecule has 18 heavy (non-hydrogen) atoms. The van der Waals surface area contributed by atoms with Crippen molar-refractivity contribution in [2.45, 2.75) is 33.7 Å². The minimum atomic E-state index is 0.0457. The number of aromatic nitrogens is 3. The maximum absolute atomic E-state index is 11.9. The molecule has 2 N–H and O–H groups in total. The molecule has 2 heterocycles. The lowest BCUT2D eigenvalue weighted by molar-refractivity contribution is 0.742. The highest BCUT2D eigenvalue weighted by Crippen LogP contribution is 2.15. The van der Waals surface area contributed by atoms with Gasteiger partial charge in [0, 0.05) is 22.3 Å². The van der Waals surface area contributed by atoms with E-state index in [2.05, 4.69) is 9.97 Å². The summed E-state index contributed by atoms with van der Waals surface area (Å²) in [6.45, 7) is 6.23. The molecule has 0 bridgehead atoms. The fraction of sp³-hybridized carbons (Fsp3) is 0.417. The summed E-state index contributed by atoms with van der Waals surface area (Å²) in [4.78, 5) is 21.3. The number of nitrogens with zero attached hydrogens (tertiary/aromatic N) is 3. The maximum atomic E-state index is 11.9. The molecule has 2 rings (SSSR count). The first-order valence-electron chi connectivity index (χ1n) is 5.80. The summed E-state index contributed by atoms with van der Waals surface area (Å²) in [6, 6.07) is 0. The molecular weight excluding hydrogens is 248 g/mol. The van der Waals surface area contributed by atoms with Crippen molar-refractivity contribution in [2.24, 2.45) is 0 Å². The first-order valence-corrected chi connectivity index (χ1v) is 6.61. The van der Waals surface area contributed by atoms with Gasteiger partial charge in [0.2, 0.25) is 0 Å². The largest absolute Gasteiger partial charge is 0.383 e. The van der Waals surface area contributed by atoms with E-state index in [0.717, 1.165) is 22.6 Å². The van der Waals surface area contributed by atoms with Gasteiger partial charge >= 0.3 is 4.87 Å². The Morgan fingerprint density at radius 2 is 2.17 bits per heavy atom. The Hall–Kier alpha value is -1.69. The van der Waals surface area contributed by atoms with Crippen LogP contribution in [-0.4, -0.2) is 14.5 Å². The van der Waals surface area contributed by atoms with Gasteiger partial charge in [-0.1, -0.05) is 18.3 Å². The van der Waals surface area contributed by atoms with Crippen molar-refractivity contribution >= 4 is 17.2 Å². The van der Waals surface area contributed by atoms with E-state index in [1.165, 1.54) is 11.3 Å². The molecule has 0 fully saturated rings. The van der Waals surface area contributed by atoms with Gasteiger partial charge in [-0.25, -0.2) is 9.97 Å². The molecule has 0 aliphatic rings. The third kappa shape index (κ3) is 2.28. The van der Waals surface area contributed by atoms with Gasteiger partial charge in [0.15, 0.2) is 0 Å². The number of aryl methyl sites for hydroxylation is 2. The van der Waals surface area contributed by atoms with Crippen LogP contribution in [0.4, 0.5) is 5.82 Å². The van der Waals surface area contributed by atoms with Crippen LogP contribution in [0.5, 0.6) is 0 Å². The molecule has 2 aromatic rings. The van der Waals surface area contributed by atoms with Gasteiger partial charge in [-0.15, -0.1) is 0 Å². The van der Waals surface area contributed by atoms with Crippen molar-refractivity contribution in [3.63, 3.8) is 0 Å². The number of hydrogen-bond acceptors (Lipinski definition) is 5. The van der Waals surface area contributed by atoms with Crippen LogP contribution in [0.3, 0.4) is 0 Å². The molecule has 0 unspecified atom stereocenters. The zero-order valence-electron chi connectivity index (χ0n) is 10.7. The summed E-state index contributed by atoms with van der Waals surface area (Å²) in [5.74, 6) is 1.08. The lowest BCUT2D eigenvalue weighted by Gasteiger charge is -2.07. The van der Waals surface area contributed by atoms with E-state index < -0.39 is 0 Å². The Morgan fingerprint density at radius 1 is 1.44 bits per heavy atom. The predicted molar refractivity (Wildman–Crippen MR) is 73.0 cm³/mol. The van der Waals surface area contributed by atoms with E-state index in [1.54, 1.807) is 17.7 Å². The lowest BCUT2D eigenvalue weighted by Crippen LogP contribution is -2.17. The van der Waals surface area contributed by atoms with E-state index in [0.29, 0.717) is 18.2 Å². The zero-order valence-corrected chi connectivity index (χ0v) is 11.5. The number of rotatable bonds is 3. The fourth-order valence-corrected chi connectivity index (χ4v) is 2.76. The summed E-state index contributed by atoms with van der Waals surface area (Å²) in [6.07, 6.45) is 2.56. The molecule has 0 radical (unpaired) electrons. The Balaban J connectivity index is 2.40. The third-order valence-corrected chi connectivity index (χ3v) is 4.13. The van der Waals surface area contributed by atoms with Gasteiger partial charge < -0.3 is 5.73 Å². The second-order valence-electron chi connectivity index (χ2n) is 4.14. The number of thiazole rings is 1. The van der Waals surface area contributed by atoms with Crippen molar-refractivity contribution in [2.75, 3.05) is 5.73 Å². The molecule has 0 atom stereocenters. The van der Waals surface area contributed by atoms with Crippen LogP contribution in [0, 0.1) is 13.8 Å². The van der Waals surface area contributed by atoms with Crippen LogP contribution in [0.2, 0.25) is 0 Å². The molecule has 5 nitrogen and oxygen atoms in total. The minimum absolute atomic E-state index is 0.0457. The monoisotopic (exact) mass is 264 g/mol. The summed E-state index contributed by atoms with van der Waals surface area (Å²) in [5, 5.41) is 0. The molecule has 2 aromatic heterocycles. The molecule has 0 aromatic carbocycles. The standard InChI is InChI=1S/C12H16N4OS/c1-4-10-7(2)16(12(17)18-10)6-9-5-14-8(3)15-11(9)13/h5H,4,6H2,1-3H3,(H2,13,14,15). The Bertz CT molecular complexity index is 629. The SMILES string of the molecule is CCc1sc(=O)n(Cc2cnc(C)nc2N)c1C. The number of nitrogen functional groups attached to an aromatic ring is 1. The first kappa shape index (κ1) is 12.8. The van der Waals surface area contributed by atoms with Crippen LogP contribution >= 0.6 is 11.3 Å². The average Bonchev–Trinajstić information content (AvgIpc) is 2.59. The van der Waals surface area contributed by atoms with Crippen LogP contribution < -0.4 is 10.6 Å². The second kappa shape index (κ2) is 4.89. The van der Waals surface area contributed by atoms with Crippen molar-refractivity contribution in [1.82, 2.24) is 14.5 Å². The average molecular weight is 264 g/mol. The quantitative estimate of drug-likeness (QED) is 0.912. The molecular formula is C12H16N4OS. The van der Waals surface area contributed by atoms with Crippen LogP contribution in [0.25, 0.3) is 0 Å². The van der Waals surface area contributed by atoms with Gasteiger partial charge in [-0.2, -0.15) is 0 Å². The molecule has 6 heteroatoms. The van der Waals surface area contributed by atoms with Gasteiger partial charge in [0.05, 0.1) is 6.54 Å². The van der Waals surface area contributed by atoms with Gasteiger partial charge in [0.1, 0.15) is 11.6 Å². The maximum Gasteiger partial charge on any atom is 0.307 e. The summed E-state index contributed by atoms with van der Waals surface area (Å²) in [7, 11) is 0. The zero-order chi connectivity index (χ0) is 13.3. The highest BCUT2D eigenvalue weighted by Gasteiger charge is 2.11. The van der Waals surface area contributed by atoms with E-state index in [9.17, 15) is 4.79 Å². The Kier molecular flexibility index (Phi) is 3.47. The molecule has 0 saturated heterocycles. The Morgan fingerprint density at radius 3 is 2.72 bits per heavy atom. The number of anilines is 1. The minimum Gasteiger partial charge on any atom is -0.383 e. The number of nitrogens with two attached hydrogens (primary N) is 1. The van der Waals surface area contributed by atoms with Crippen LogP contribution in [0.1, 0.15) is 28.9 Å². The normalized spacial score (nSPS) is 10.8. The van der Waals surface area contributed by atoms with E-state index in [1.807, 2.05) is 13.8 Å². The topological polar surface area (TPSA) is 73.8 Å². The van der Waals surface area contributed by atoms with Crippen LogP contribution in [0.15, 0.2) is 11.0 Å². The molecule has 0 saturated carbocycles. The highest BCUT2D eigenvalue weighted by atomic mass is 32.1. The van der Waals surface area contributed by atoms with Crippen molar-refractivity contribution in [1.29, 1.82) is 0 Å². The predicted octanol–water partition coefficient (Wildman–Crippen LogP) is 1.51. The molecule has 0 aliphatic carbocycles. The smallest absolute Gasteiger partial charge is 0.307 e. The number of hydrogen-bond donors (Lipinski definition) is 1. The van der Waals surface area contributed by atoms with Crippen molar-refractivity contribution < 1.29 is 0 Å². The van der Waals surface area contributed by atoms with Crippen molar-refractivity contribution in [3.8, 4) is 0 Å². The third-order valence-electron chi connectivity index (χ3n) is 2.91. The van der Waals surface area contributed by atoms with E-state index in [-0.39, 0.29) is 4.87 Å². The van der Waals surface area contributed by atoms with Crippen molar-refractivity contribution in [3.05, 3.63) is 37.8 Å². The first-order chi connectivity index (χ1) is 8.52. The fourth-order valence-electron chi connectivity index (χ4n) is 1.84. The summed E-state index contributed by atoms with van der Waals surface area (Å²) in [5.41, 5.74) is 7.64. The summed E-state index contributed by atoms with van der Waals surface area (Å²) < 4.78 is 1.73. The van der Waals surface area contributed by atoms with Gasteiger partial charge in [0.25, 0.3) is 0 Å². The summed E-state index contributed by atoms with van der Waals surface area (Å²) >= 11 is 1.30. The van der Waals surface area contributed by atoms with Crippen LogP contribution in [-0.2, 0) is 13.0 Å². The lowest BCUT2D eigenvalue weighted by atomic mass is 10.2. The Labute approximate surface area is 109 Å². The van der Waals surface area contributed by atoms with Gasteiger partial charge in [-0.3, -0.25) is 9.36 Å². The molecule has 0 aliphatic heterocycles. The van der Waals surface area contributed by atoms with E-state index >= 15 is 0 Å². The van der Waals surface area contributed by atoms with E-state index in [4.69, 9.17) is 5.73 Å². The van der Waals surface area contributed by atoms with Gasteiger partial charge in [-0.05, 0) is 20.3 Å². The molecule has 0 spiro atoms. The molecule has 96 valence electrons.